The van der Waals surface area contributed by atoms with Gasteiger partial charge in [-0.05, 0) is 48.4 Å². The number of anilines is 1. The summed E-state index contributed by atoms with van der Waals surface area (Å²) in [6, 6.07) is 9.52. The smallest absolute Gasteiger partial charge is 0.274 e. The maximum Gasteiger partial charge on any atom is 0.274 e. The minimum Gasteiger partial charge on any atom is -0.394 e. The van der Waals surface area contributed by atoms with Crippen LogP contribution in [0.15, 0.2) is 41.2 Å². The molecule has 0 atom stereocenters. The number of nitrogen functional groups attached to an aromatic ring is 1. The first kappa shape index (κ1) is 13.3. The van der Waals surface area contributed by atoms with Gasteiger partial charge >= 0.3 is 0 Å². The molecule has 2 N–H and O–H groups in total. The summed E-state index contributed by atoms with van der Waals surface area (Å²) in [6.45, 7) is 2.68. The Hall–Kier alpha value is -2.10. The second kappa shape index (κ2) is 5.69. The predicted molar refractivity (Wildman–Crippen MR) is 75.4 cm³/mol. The van der Waals surface area contributed by atoms with Crippen molar-refractivity contribution in [1.29, 1.82) is 0 Å². The molecule has 100 valence electrons. The first-order chi connectivity index (χ1) is 9.13. The Morgan fingerprint density at radius 1 is 1.16 bits per heavy atom. The average Bonchev–Trinajstić information content (AvgIpc) is 2.41. The molecule has 0 bridgehead atoms. The summed E-state index contributed by atoms with van der Waals surface area (Å²) in [5, 5.41) is 0. The minimum atomic E-state index is -0.290. The Morgan fingerprint density at radius 2 is 1.84 bits per heavy atom. The van der Waals surface area contributed by atoms with Gasteiger partial charge in [0, 0.05) is 6.54 Å². The minimum absolute atomic E-state index is 0.185. The van der Waals surface area contributed by atoms with Crippen molar-refractivity contribution in [3.05, 3.63) is 52.6 Å². The molecule has 0 aliphatic heterocycles. The molecule has 0 spiro atoms. The summed E-state index contributed by atoms with van der Waals surface area (Å²) in [7, 11) is 0. The molecule has 0 saturated carbocycles. The molecule has 0 radical (unpaired) electrons. The number of benzene rings is 1. The van der Waals surface area contributed by atoms with Crippen LogP contribution in [0.2, 0.25) is 0 Å². The first-order valence-electron chi connectivity index (χ1n) is 6.38. The Morgan fingerprint density at radius 3 is 2.47 bits per heavy atom. The van der Waals surface area contributed by atoms with E-state index in [0.717, 1.165) is 24.1 Å². The van der Waals surface area contributed by atoms with Gasteiger partial charge in [0.2, 0.25) is 0 Å². The molecule has 0 aliphatic rings. The van der Waals surface area contributed by atoms with Crippen LogP contribution in [0.5, 0.6) is 0 Å². The predicted octanol–water partition coefficient (Wildman–Crippen LogP) is 3.04. The highest BCUT2D eigenvalue weighted by atomic mass is 19.1. The SMILES string of the molecule is CCCCn1c(-c2ccc(F)cc2)ccc(N)c1=O. The van der Waals surface area contributed by atoms with Crippen LogP contribution >= 0.6 is 0 Å². The van der Waals surface area contributed by atoms with Crippen LogP contribution in [0.3, 0.4) is 0 Å². The highest BCUT2D eigenvalue weighted by Crippen LogP contribution is 2.19. The second-order valence-electron chi connectivity index (χ2n) is 4.49. The number of aromatic nitrogens is 1. The quantitative estimate of drug-likeness (QED) is 0.918. The Balaban J connectivity index is 2.52. The van der Waals surface area contributed by atoms with Crippen LogP contribution in [-0.2, 0) is 6.54 Å². The van der Waals surface area contributed by atoms with E-state index in [1.807, 2.05) is 0 Å². The van der Waals surface area contributed by atoms with E-state index in [4.69, 9.17) is 5.73 Å². The van der Waals surface area contributed by atoms with Crippen LogP contribution in [0.25, 0.3) is 11.3 Å². The number of rotatable bonds is 4. The standard InChI is InChI=1S/C15H17FN2O/c1-2-3-10-18-14(9-8-13(17)15(18)19)11-4-6-12(16)7-5-11/h4-9H,2-3,10,17H2,1H3. The van der Waals surface area contributed by atoms with Crippen molar-refractivity contribution in [2.45, 2.75) is 26.3 Å². The number of pyridine rings is 1. The molecule has 2 aromatic rings. The Bertz CT molecular complexity index is 617. The number of hydrogen-bond donors (Lipinski definition) is 1. The van der Waals surface area contributed by atoms with Crippen molar-refractivity contribution in [3.8, 4) is 11.3 Å². The van der Waals surface area contributed by atoms with E-state index >= 15 is 0 Å². The third kappa shape index (κ3) is 2.84. The van der Waals surface area contributed by atoms with Gasteiger partial charge in [0.1, 0.15) is 5.82 Å². The summed E-state index contributed by atoms with van der Waals surface area (Å²) in [4.78, 5) is 12.1. The van der Waals surface area contributed by atoms with Crippen molar-refractivity contribution in [1.82, 2.24) is 4.57 Å². The van der Waals surface area contributed by atoms with E-state index < -0.39 is 0 Å². The highest BCUT2D eigenvalue weighted by Gasteiger charge is 2.08. The van der Waals surface area contributed by atoms with Gasteiger partial charge < -0.3 is 10.3 Å². The van der Waals surface area contributed by atoms with Gasteiger partial charge in [0.15, 0.2) is 0 Å². The molecule has 0 fully saturated rings. The lowest BCUT2D eigenvalue weighted by Crippen LogP contribution is -2.24. The van der Waals surface area contributed by atoms with Crippen molar-refractivity contribution in [3.63, 3.8) is 0 Å². The van der Waals surface area contributed by atoms with Gasteiger partial charge in [-0.1, -0.05) is 13.3 Å². The normalized spacial score (nSPS) is 10.6. The summed E-state index contributed by atoms with van der Waals surface area (Å²) >= 11 is 0. The molecule has 1 aromatic carbocycles. The molecule has 19 heavy (non-hydrogen) atoms. The fourth-order valence-corrected chi connectivity index (χ4v) is 2.01. The van der Waals surface area contributed by atoms with E-state index in [1.165, 1.54) is 12.1 Å². The summed E-state index contributed by atoms with van der Waals surface area (Å²) < 4.78 is 14.6. The van der Waals surface area contributed by atoms with Crippen LogP contribution in [0, 0.1) is 5.82 Å². The highest BCUT2D eigenvalue weighted by molar-refractivity contribution is 5.61. The van der Waals surface area contributed by atoms with E-state index in [0.29, 0.717) is 6.54 Å². The van der Waals surface area contributed by atoms with Crippen LogP contribution in [-0.4, -0.2) is 4.57 Å². The first-order valence-corrected chi connectivity index (χ1v) is 6.38. The van der Waals surface area contributed by atoms with Gasteiger partial charge in [-0.3, -0.25) is 4.79 Å². The van der Waals surface area contributed by atoms with Gasteiger partial charge in [0.25, 0.3) is 5.56 Å². The molecule has 2 rings (SSSR count). The molecule has 0 unspecified atom stereocenters. The maximum atomic E-state index is 13.0. The molecule has 0 amide bonds. The van der Waals surface area contributed by atoms with Crippen molar-refractivity contribution in [2.75, 3.05) is 5.73 Å². The molecular weight excluding hydrogens is 243 g/mol. The number of unbranched alkanes of at least 4 members (excludes halogenated alkanes) is 1. The lowest BCUT2D eigenvalue weighted by atomic mass is 10.1. The largest absolute Gasteiger partial charge is 0.394 e. The zero-order valence-corrected chi connectivity index (χ0v) is 10.9. The topological polar surface area (TPSA) is 48.0 Å². The summed E-state index contributed by atoms with van der Waals surface area (Å²) in [5.74, 6) is -0.290. The lowest BCUT2D eigenvalue weighted by Gasteiger charge is -2.13. The van der Waals surface area contributed by atoms with Gasteiger partial charge in [-0.25, -0.2) is 4.39 Å². The third-order valence-corrected chi connectivity index (χ3v) is 3.08. The molecule has 1 aromatic heterocycles. The third-order valence-electron chi connectivity index (χ3n) is 3.08. The van der Waals surface area contributed by atoms with Gasteiger partial charge in [-0.15, -0.1) is 0 Å². The molecule has 3 nitrogen and oxygen atoms in total. The Kier molecular flexibility index (Phi) is 4.00. The van der Waals surface area contributed by atoms with E-state index in [1.54, 1.807) is 28.8 Å². The summed E-state index contributed by atoms with van der Waals surface area (Å²) in [6.07, 6.45) is 1.89. The monoisotopic (exact) mass is 260 g/mol. The van der Waals surface area contributed by atoms with E-state index in [9.17, 15) is 9.18 Å². The van der Waals surface area contributed by atoms with Crippen molar-refractivity contribution < 1.29 is 4.39 Å². The molecule has 0 saturated heterocycles. The number of hydrogen-bond acceptors (Lipinski definition) is 2. The van der Waals surface area contributed by atoms with Crippen molar-refractivity contribution in [2.24, 2.45) is 0 Å². The molecule has 0 aliphatic carbocycles. The average molecular weight is 260 g/mol. The van der Waals surface area contributed by atoms with Gasteiger partial charge in [-0.2, -0.15) is 0 Å². The number of nitrogens with two attached hydrogens (primary N) is 1. The summed E-state index contributed by atoms with van der Waals surface area (Å²) in [5.41, 5.74) is 7.31. The fraction of sp³-hybridized carbons (Fsp3) is 0.267. The van der Waals surface area contributed by atoms with Gasteiger partial charge in [0.05, 0.1) is 11.4 Å². The van der Waals surface area contributed by atoms with E-state index in [2.05, 4.69) is 6.92 Å². The van der Waals surface area contributed by atoms with E-state index in [-0.39, 0.29) is 17.1 Å². The van der Waals surface area contributed by atoms with Crippen LogP contribution in [0.1, 0.15) is 19.8 Å². The number of halogens is 1. The Labute approximate surface area is 111 Å². The number of nitrogens with zero attached hydrogens (tertiary/aromatic N) is 1. The molecular formula is C15H17FN2O. The maximum absolute atomic E-state index is 13.0. The second-order valence-corrected chi connectivity index (χ2v) is 4.49. The van der Waals surface area contributed by atoms with Crippen LogP contribution < -0.4 is 11.3 Å². The lowest BCUT2D eigenvalue weighted by molar-refractivity contribution is 0.618. The fourth-order valence-electron chi connectivity index (χ4n) is 2.01. The molecule has 1 heterocycles. The zero-order valence-electron chi connectivity index (χ0n) is 10.9. The molecule has 4 heteroatoms. The zero-order chi connectivity index (χ0) is 13.8. The van der Waals surface area contributed by atoms with Crippen molar-refractivity contribution >= 4 is 5.69 Å². The van der Waals surface area contributed by atoms with Crippen LogP contribution in [0.4, 0.5) is 10.1 Å².